The van der Waals surface area contributed by atoms with E-state index in [4.69, 9.17) is 0 Å². The fraction of sp³-hybridized carbons (Fsp3) is 0.250. The van der Waals surface area contributed by atoms with Crippen LogP contribution >= 0.6 is 0 Å². The van der Waals surface area contributed by atoms with E-state index in [0.29, 0.717) is 0 Å². The summed E-state index contributed by atoms with van der Waals surface area (Å²) in [5, 5.41) is 3.10. The van der Waals surface area contributed by atoms with Gasteiger partial charge >= 0.3 is 0 Å². The molecule has 0 unspecified atom stereocenters. The molecule has 0 aliphatic carbocycles. The molecular formula is C8H15N. The molecule has 1 heteroatoms. The molecule has 52 valence electrons. The number of likely N-dealkylation sites (N-methyl/N-ethyl adjacent to an activating group) is 1. The van der Waals surface area contributed by atoms with Gasteiger partial charge in [-0.05, 0) is 19.1 Å². The minimum atomic E-state index is 0. The van der Waals surface area contributed by atoms with Gasteiger partial charge in [-0.3, -0.25) is 0 Å². The van der Waals surface area contributed by atoms with Crippen molar-refractivity contribution in [2.24, 2.45) is 0 Å². The Bertz CT molecular complexity index is 127. The van der Waals surface area contributed by atoms with Crippen LogP contribution < -0.4 is 5.32 Å². The maximum absolute atomic E-state index is 3.62. The highest BCUT2D eigenvalue weighted by Gasteiger charge is 1.80. The Labute approximate surface area is 58.3 Å². The third-order valence-electron chi connectivity index (χ3n) is 0.898. The van der Waals surface area contributed by atoms with Crippen molar-refractivity contribution in [1.82, 2.24) is 5.32 Å². The third-order valence-corrected chi connectivity index (χ3v) is 0.898. The van der Waals surface area contributed by atoms with Crippen LogP contribution in [0.25, 0.3) is 0 Å². The average molecular weight is 125 g/mol. The molecule has 0 amide bonds. The Balaban J connectivity index is 0. The van der Waals surface area contributed by atoms with Gasteiger partial charge in [0.15, 0.2) is 0 Å². The van der Waals surface area contributed by atoms with Crippen molar-refractivity contribution in [2.75, 3.05) is 6.54 Å². The summed E-state index contributed by atoms with van der Waals surface area (Å²) >= 11 is 0. The van der Waals surface area contributed by atoms with Crippen LogP contribution in [0.4, 0.5) is 0 Å². The molecule has 0 aliphatic heterocycles. The third kappa shape index (κ3) is 3.59. The first-order valence-electron chi connectivity index (χ1n) is 3.04. The number of rotatable bonds is 4. The van der Waals surface area contributed by atoms with Crippen molar-refractivity contribution >= 4 is 0 Å². The van der Waals surface area contributed by atoms with Gasteiger partial charge in [0.2, 0.25) is 0 Å². The smallest absolute Gasteiger partial charge is 0.0333 e. The quantitative estimate of drug-likeness (QED) is 0.567. The van der Waals surface area contributed by atoms with Gasteiger partial charge in [0.25, 0.3) is 0 Å². The van der Waals surface area contributed by atoms with Crippen LogP contribution in [0, 0.1) is 0 Å². The summed E-state index contributed by atoms with van der Waals surface area (Å²) in [6, 6.07) is 0. The highest BCUT2D eigenvalue weighted by atomic mass is 14.9. The highest BCUT2D eigenvalue weighted by Crippen LogP contribution is 1.88. The van der Waals surface area contributed by atoms with Crippen molar-refractivity contribution in [2.45, 2.75) is 6.92 Å². The first-order chi connectivity index (χ1) is 4.35. The van der Waals surface area contributed by atoms with Gasteiger partial charge in [-0.1, -0.05) is 19.2 Å². The summed E-state index contributed by atoms with van der Waals surface area (Å²) in [4.78, 5) is 0. The van der Waals surface area contributed by atoms with Gasteiger partial charge in [-0.2, -0.15) is 0 Å². The van der Waals surface area contributed by atoms with Crippen LogP contribution in [0.3, 0.4) is 0 Å². The van der Waals surface area contributed by atoms with Crippen molar-refractivity contribution < 1.29 is 1.43 Å². The average Bonchev–Trinajstić information content (AvgIpc) is 1.88. The number of hydrogen-bond donors (Lipinski definition) is 1. The van der Waals surface area contributed by atoms with Gasteiger partial charge in [-0.25, -0.2) is 0 Å². The van der Waals surface area contributed by atoms with E-state index in [-0.39, 0.29) is 1.43 Å². The molecule has 1 nitrogen and oxygen atoms in total. The van der Waals surface area contributed by atoms with Gasteiger partial charge < -0.3 is 5.32 Å². The lowest BCUT2D eigenvalue weighted by Crippen LogP contribution is -2.09. The van der Waals surface area contributed by atoms with Crippen LogP contribution in [0.2, 0.25) is 0 Å². The molecule has 0 saturated carbocycles. The van der Waals surface area contributed by atoms with E-state index >= 15 is 0 Å². The van der Waals surface area contributed by atoms with Crippen LogP contribution in [0.1, 0.15) is 8.35 Å². The van der Waals surface area contributed by atoms with Crippen molar-refractivity contribution in [3.8, 4) is 0 Å². The SMILES string of the molecule is C=C/C=C(\C=C)NCC.[HH]. The van der Waals surface area contributed by atoms with Gasteiger partial charge in [0.1, 0.15) is 0 Å². The summed E-state index contributed by atoms with van der Waals surface area (Å²) in [6.45, 7) is 10.2. The molecule has 0 heterocycles. The normalized spacial score (nSPS) is 10.6. The first-order valence-corrected chi connectivity index (χ1v) is 3.04. The van der Waals surface area contributed by atoms with Gasteiger partial charge in [0.05, 0.1) is 0 Å². The van der Waals surface area contributed by atoms with E-state index in [2.05, 4.69) is 18.5 Å². The molecule has 0 aromatic heterocycles. The largest absolute Gasteiger partial charge is 0.385 e. The minimum Gasteiger partial charge on any atom is -0.385 e. The Hall–Kier alpha value is -0.980. The molecule has 0 saturated heterocycles. The van der Waals surface area contributed by atoms with Crippen LogP contribution in [0.15, 0.2) is 37.1 Å². The van der Waals surface area contributed by atoms with E-state index in [1.54, 1.807) is 12.2 Å². The molecular weight excluding hydrogens is 110 g/mol. The lowest BCUT2D eigenvalue weighted by atomic mass is 10.4. The lowest BCUT2D eigenvalue weighted by Gasteiger charge is -1.99. The summed E-state index contributed by atoms with van der Waals surface area (Å²) in [5.74, 6) is 0. The lowest BCUT2D eigenvalue weighted by molar-refractivity contribution is 0.879. The fourth-order valence-electron chi connectivity index (χ4n) is 0.530. The molecule has 0 fully saturated rings. The van der Waals surface area contributed by atoms with Crippen LogP contribution in [-0.4, -0.2) is 6.54 Å². The number of nitrogens with one attached hydrogen (secondary N) is 1. The van der Waals surface area contributed by atoms with Crippen molar-refractivity contribution in [3.05, 3.63) is 37.1 Å². The topological polar surface area (TPSA) is 12.0 Å². The molecule has 0 aliphatic rings. The summed E-state index contributed by atoms with van der Waals surface area (Å²) < 4.78 is 0. The van der Waals surface area contributed by atoms with Crippen molar-refractivity contribution in [1.29, 1.82) is 0 Å². The maximum Gasteiger partial charge on any atom is 0.0333 e. The Kier molecular flexibility index (Phi) is 4.60. The number of hydrogen-bond acceptors (Lipinski definition) is 1. The zero-order valence-electron chi connectivity index (χ0n) is 5.85. The van der Waals surface area contributed by atoms with E-state index in [1.807, 2.05) is 13.0 Å². The number of allylic oxidation sites excluding steroid dienone is 3. The van der Waals surface area contributed by atoms with Gasteiger partial charge in [0, 0.05) is 13.7 Å². The zero-order valence-corrected chi connectivity index (χ0v) is 5.85. The summed E-state index contributed by atoms with van der Waals surface area (Å²) in [5.41, 5.74) is 1.02. The van der Waals surface area contributed by atoms with E-state index in [9.17, 15) is 0 Å². The first kappa shape index (κ1) is 8.02. The second-order valence-electron chi connectivity index (χ2n) is 1.59. The second-order valence-corrected chi connectivity index (χ2v) is 1.59. The highest BCUT2D eigenvalue weighted by molar-refractivity contribution is 5.18. The van der Waals surface area contributed by atoms with E-state index in [1.165, 1.54) is 0 Å². The van der Waals surface area contributed by atoms with Crippen molar-refractivity contribution in [3.63, 3.8) is 0 Å². The summed E-state index contributed by atoms with van der Waals surface area (Å²) in [7, 11) is 0. The predicted molar refractivity (Wildman–Crippen MR) is 44.3 cm³/mol. The second kappa shape index (κ2) is 5.16. The molecule has 0 bridgehead atoms. The van der Waals surface area contributed by atoms with E-state index in [0.717, 1.165) is 12.2 Å². The summed E-state index contributed by atoms with van der Waals surface area (Å²) in [6.07, 6.45) is 5.39. The molecule has 0 aromatic carbocycles. The molecule has 0 rings (SSSR count). The Morgan fingerprint density at radius 3 is 2.67 bits per heavy atom. The standard InChI is InChI=1S/C8H13N.H2/c1-4-7-8(5-2)9-6-3;/h4-5,7,9H,1-2,6H2,3H3;1H/b8-7+;. The minimum absolute atomic E-state index is 0. The zero-order chi connectivity index (χ0) is 7.11. The predicted octanol–water partition coefficient (Wildman–Crippen LogP) is 2.10. The Morgan fingerprint density at radius 2 is 2.33 bits per heavy atom. The Morgan fingerprint density at radius 1 is 1.67 bits per heavy atom. The van der Waals surface area contributed by atoms with Crippen LogP contribution in [0.5, 0.6) is 0 Å². The molecule has 9 heavy (non-hydrogen) atoms. The maximum atomic E-state index is 3.62. The van der Waals surface area contributed by atoms with E-state index < -0.39 is 0 Å². The molecule has 0 spiro atoms. The van der Waals surface area contributed by atoms with Gasteiger partial charge in [-0.15, -0.1) is 0 Å². The molecule has 0 atom stereocenters. The molecule has 0 aromatic rings. The fourth-order valence-corrected chi connectivity index (χ4v) is 0.530. The molecule has 0 radical (unpaired) electrons. The molecule has 1 N–H and O–H groups in total. The van der Waals surface area contributed by atoms with Crippen LogP contribution in [-0.2, 0) is 0 Å². The monoisotopic (exact) mass is 125 g/mol.